The number of anilines is 1. The van der Waals surface area contributed by atoms with Crippen molar-refractivity contribution in [1.29, 1.82) is 0 Å². The van der Waals surface area contributed by atoms with Crippen LogP contribution in [0.1, 0.15) is 30.6 Å². The maximum atomic E-state index is 11.6. The predicted octanol–water partition coefficient (Wildman–Crippen LogP) is 1.17. The molecule has 1 aromatic heterocycles. The highest BCUT2D eigenvalue weighted by Crippen LogP contribution is 2.22. The van der Waals surface area contributed by atoms with Gasteiger partial charge in [-0.15, -0.1) is 11.3 Å². The van der Waals surface area contributed by atoms with Gasteiger partial charge in [0, 0.05) is 6.04 Å². The normalized spacial score (nSPS) is 12.1. The van der Waals surface area contributed by atoms with E-state index in [1.54, 1.807) is 11.4 Å². The number of carbonyl (C=O) groups excluding carboxylic acids is 2. The van der Waals surface area contributed by atoms with Gasteiger partial charge in [0.15, 0.2) is 0 Å². The van der Waals surface area contributed by atoms with Crippen LogP contribution in [0, 0.1) is 0 Å². The van der Waals surface area contributed by atoms with Gasteiger partial charge in [-0.3, -0.25) is 9.59 Å². The summed E-state index contributed by atoms with van der Waals surface area (Å²) in [5.41, 5.74) is 5.53. The van der Waals surface area contributed by atoms with Crippen molar-refractivity contribution >= 4 is 28.2 Å². The Balaban J connectivity index is 2.51. The smallest absolute Gasteiger partial charge is 0.251 e. The van der Waals surface area contributed by atoms with E-state index in [1.165, 1.54) is 11.3 Å². The fourth-order valence-electron chi connectivity index (χ4n) is 1.18. The summed E-state index contributed by atoms with van der Waals surface area (Å²) in [5.74, 6) is -0.702. The highest BCUT2D eigenvalue weighted by atomic mass is 32.1. The number of rotatable bonds is 6. The van der Waals surface area contributed by atoms with Gasteiger partial charge in [-0.2, -0.15) is 0 Å². The lowest BCUT2D eigenvalue weighted by Gasteiger charge is -2.10. The van der Waals surface area contributed by atoms with Gasteiger partial charge in [0.05, 0.1) is 12.1 Å². The molecule has 6 heteroatoms. The molecule has 0 saturated carbocycles. The molecule has 0 aromatic carbocycles. The Kier molecular flexibility index (Phi) is 5.11. The third-order valence-electron chi connectivity index (χ3n) is 2.41. The van der Waals surface area contributed by atoms with Gasteiger partial charge in [0.2, 0.25) is 5.91 Å². The minimum Gasteiger partial charge on any atom is -0.366 e. The molecule has 94 valence electrons. The maximum absolute atomic E-state index is 11.6. The van der Waals surface area contributed by atoms with E-state index in [4.69, 9.17) is 5.73 Å². The lowest BCUT2D eigenvalue weighted by atomic mass is 10.2. The van der Waals surface area contributed by atoms with Crippen LogP contribution in [0.2, 0.25) is 0 Å². The standard InChI is InChI=1S/C11H17N3O2S/c1-3-7(2)13-6-9(15)14-11-8(10(12)16)4-5-17-11/h4-5,7,13H,3,6H2,1-2H3,(H2,12,16)(H,14,15). The fraction of sp³-hybridized carbons (Fsp3) is 0.455. The Labute approximate surface area is 104 Å². The van der Waals surface area contributed by atoms with Gasteiger partial charge in [-0.1, -0.05) is 6.92 Å². The van der Waals surface area contributed by atoms with E-state index in [-0.39, 0.29) is 12.5 Å². The quantitative estimate of drug-likeness (QED) is 0.713. The van der Waals surface area contributed by atoms with E-state index in [2.05, 4.69) is 10.6 Å². The number of hydrogen-bond donors (Lipinski definition) is 3. The first-order valence-corrected chi connectivity index (χ1v) is 6.33. The van der Waals surface area contributed by atoms with Crippen molar-refractivity contribution in [2.75, 3.05) is 11.9 Å². The molecule has 0 spiro atoms. The average Bonchev–Trinajstić information content (AvgIpc) is 2.74. The lowest BCUT2D eigenvalue weighted by molar-refractivity contribution is -0.115. The second-order valence-corrected chi connectivity index (χ2v) is 4.68. The van der Waals surface area contributed by atoms with Crippen LogP contribution in [0.4, 0.5) is 5.00 Å². The van der Waals surface area contributed by atoms with Crippen LogP contribution in [0.3, 0.4) is 0 Å². The number of thiophene rings is 1. The van der Waals surface area contributed by atoms with Gasteiger partial charge >= 0.3 is 0 Å². The highest BCUT2D eigenvalue weighted by Gasteiger charge is 2.12. The molecule has 1 atom stereocenters. The van der Waals surface area contributed by atoms with Crippen molar-refractivity contribution in [3.05, 3.63) is 17.0 Å². The Bertz CT molecular complexity index is 403. The zero-order chi connectivity index (χ0) is 12.8. The predicted molar refractivity (Wildman–Crippen MR) is 69.2 cm³/mol. The highest BCUT2D eigenvalue weighted by molar-refractivity contribution is 7.14. The molecule has 4 N–H and O–H groups in total. The number of nitrogens with two attached hydrogens (primary N) is 1. The zero-order valence-corrected chi connectivity index (χ0v) is 10.8. The maximum Gasteiger partial charge on any atom is 0.251 e. The summed E-state index contributed by atoms with van der Waals surface area (Å²) >= 11 is 1.29. The van der Waals surface area contributed by atoms with Gasteiger partial charge in [0.25, 0.3) is 5.91 Å². The number of nitrogens with one attached hydrogen (secondary N) is 2. The second kappa shape index (κ2) is 6.36. The van der Waals surface area contributed by atoms with E-state index in [0.717, 1.165) is 6.42 Å². The molecule has 1 rings (SSSR count). The molecule has 0 bridgehead atoms. The lowest BCUT2D eigenvalue weighted by Crippen LogP contribution is -2.34. The van der Waals surface area contributed by atoms with E-state index >= 15 is 0 Å². The third-order valence-corrected chi connectivity index (χ3v) is 3.24. The van der Waals surface area contributed by atoms with E-state index < -0.39 is 5.91 Å². The number of hydrogen-bond acceptors (Lipinski definition) is 4. The molecular weight excluding hydrogens is 238 g/mol. The van der Waals surface area contributed by atoms with Crippen molar-refractivity contribution in [2.24, 2.45) is 5.73 Å². The molecule has 0 aliphatic carbocycles. The summed E-state index contributed by atoms with van der Waals surface area (Å²) in [4.78, 5) is 22.6. The molecule has 1 unspecified atom stereocenters. The van der Waals surface area contributed by atoms with Crippen LogP contribution < -0.4 is 16.4 Å². The van der Waals surface area contributed by atoms with E-state index in [9.17, 15) is 9.59 Å². The summed E-state index contributed by atoms with van der Waals surface area (Å²) in [6.45, 7) is 4.28. The number of primary amides is 1. The molecule has 0 saturated heterocycles. The molecule has 1 aromatic rings. The molecule has 0 fully saturated rings. The van der Waals surface area contributed by atoms with E-state index in [1.807, 2.05) is 13.8 Å². The second-order valence-electron chi connectivity index (χ2n) is 3.77. The first-order valence-electron chi connectivity index (χ1n) is 5.45. The molecule has 0 aliphatic rings. The van der Waals surface area contributed by atoms with Gasteiger partial charge in [-0.25, -0.2) is 0 Å². The summed E-state index contributed by atoms with van der Waals surface area (Å²) in [6, 6.07) is 1.89. The van der Waals surface area contributed by atoms with Crippen molar-refractivity contribution in [3.63, 3.8) is 0 Å². The SMILES string of the molecule is CCC(C)NCC(=O)Nc1sccc1C(N)=O. The Morgan fingerprint density at radius 2 is 2.24 bits per heavy atom. The number of amides is 2. The summed E-state index contributed by atoms with van der Waals surface area (Å²) < 4.78 is 0. The Morgan fingerprint density at radius 1 is 1.53 bits per heavy atom. The van der Waals surface area contributed by atoms with Gasteiger partial charge in [-0.05, 0) is 24.8 Å². The van der Waals surface area contributed by atoms with Crippen LogP contribution in [0.15, 0.2) is 11.4 Å². The third kappa shape index (κ3) is 4.16. The Morgan fingerprint density at radius 3 is 2.82 bits per heavy atom. The van der Waals surface area contributed by atoms with Crippen LogP contribution in [-0.2, 0) is 4.79 Å². The van der Waals surface area contributed by atoms with Crippen LogP contribution in [-0.4, -0.2) is 24.4 Å². The Hall–Kier alpha value is -1.40. The van der Waals surface area contributed by atoms with Crippen molar-refractivity contribution in [1.82, 2.24) is 5.32 Å². The molecule has 5 nitrogen and oxygen atoms in total. The topological polar surface area (TPSA) is 84.2 Å². The molecule has 0 radical (unpaired) electrons. The van der Waals surface area contributed by atoms with Crippen molar-refractivity contribution < 1.29 is 9.59 Å². The minimum atomic E-state index is -0.531. The van der Waals surface area contributed by atoms with Crippen molar-refractivity contribution in [2.45, 2.75) is 26.3 Å². The summed E-state index contributed by atoms with van der Waals surface area (Å²) in [7, 11) is 0. The fourth-order valence-corrected chi connectivity index (χ4v) is 1.99. The molecule has 17 heavy (non-hydrogen) atoms. The van der Waals surface area contributed by atoms with E-state index in [0.29, 0.717) is 16.6 Å². The van der Waals surface area contributed by atoms with Crippen molar-refractivity contribution in [3.8, 4) is 0 Å². The summed E-state index contributed by atoms with van der Waals surface area (Å²) in [5, 5.41) is 7.97. The first kappa shape index (κ1) is 13.7. The first-order chi connectivity index (χ1) is 8.04. The monoisotopic (exact) mass is 255 g/mol. The molecular formula is C11H17N3O2S. The molecule has 1 heterocycles. The molecule has 0 aliphatic heterocycles. The van der Waals surface area contributed by atoms with Gasteiger partial charge < -0.3 is 16.4 Å². The zero-order valence-electron chi connectivity index (χ0n) is 9.95. The molecule has 2 amide bonds. The summed E-state index contributed by atoms with van der Waals surface area (Å²) in [6.07, 6.45) is 0.957. The van der Waals surface area contributed by atoms with Crippen LogP contribution in [0.25, 0.3) is 0 Å². The van der Waals surface area contributed by atoms with Gasteiger partial charge in [0.1, 0.15) is 5.00 Å². The minimum absolute atomic E-state index is 0.171. The van der Waals surface area contributed by atoms with Crippen LogP contribution in [0.5, 0.6) is 0 Å². The average molecular weight is 255 g/mol. The number of carbonyl (C=O) groups is 2. The van der Waals surface area contributed by atoms with Crippen LogP contribution >= 0.6 is 11.3 Å². The largest absolute Gasteiger partial charge is 0.366 e.